The van der Waals surface area contributed by atoms with Crippen molar-refractivity contribution in [2.45, 2.75) is 38.8 Å². The Kier molecular flexibility index (Phi) is 5.73. The molecule has 0 saturated carbocycles. The number of ketones is 1. The third-order valence-electron chi connectivity index (χ3n) is 2.68. The molecule has 1 aromatic carbocycles. The van der Waals surface area contributed by atoms with Gasteiger partial charge in [0, 0.05) is 18.5 Å². The van der Waals surface area contributed by atoms with Crippen molar-refractivity contribution in [2.24, 2.45) is 0 Å². The van der Waals surface area contributed by atoms with Crippen LogP contribution in [0.3, 0.4) is 0 Å². The maximum Gasteiger partial charge on any atom is 0.416 e. The first-order chi connectivity index (χ1) is 9.29. The molecule has 0 aliphatic rings. The summed E-state index contributed by atoms with van der Waals surface area (Å²) in [7, 11) is 0. The number of anilines is 1. The molecule has 1 aromatic rings. The first-order valence-electron chi connectivity index (χ1n) is 6.25. The number of carbonyl (C=O) groups excluding carboxylic acids is 2. The van der Waals surface area contributed by atoms with Gasteiger partial charge >= 0.3 is 6.18 Å². The highest BCUT2D eigenvalue weighted by Gasteiger charge is 2.29. The van der Waals surface area contributed by atoms with Gasteiger partial charge in [-0.15, -0.1) is 0 Å². The monoisotopic (exact) mass is 287 g/mol. The molecule has 0 aliphatic carbocycles. The van der Waals surface area contributed by atoms with Gasteiger partial charge in [0.2, 0.25) is 5.91 Å². The average molecular weight is 287 g/mol. The van der Waals surface area contributed by atoms with E-state index in [1.807, 2.05) is 0 Å². The average Bonchev–Trinajstić information content (AvgIpc) is 2.34. The fourth-order valence-corrected chi connectivity index (χ4v) is 1.63. The number of rotatable bonds is 6. The number of hydrogen-bond acceptors (Lipinski definition) is 2. The number of halogens is 3. The minimum absolute atomic E-state index is 0.0770. The molecule has 0 spiro atoms. The molecule has 0 saturated heterocycles. The molecule has 0 heterocycles. The molecule has 6 heteroatoms. The highest BCUT2D eigenvalue weighted by molar-refractivity contribution is 5.90. The van der Waals surface area contributed by atoms with Crippen molar-refractivity contribution >= 4 is 17.4 Å². The lowest BCUT2D eigenvalue weighted by Crippen LogP contribution is -2.12. The summed E-state index contributed by atoms with van der Waals surface area (Å²) >= 11 is 0. The summed E-state index contributed by atoms with van der Waals surface area (Å²) in [5.74, 6) is -0.193. The quantitative estimate of drug-likeness (QED) is 0.809. The van der Waals surface area contributed by atoms with Crippen LogP contribution >= 0.6 is 0 Å². The molecule has 110 valence electrons. The maximum atomic E-state index is 12.3. The maximum absolute atomic E-state index is 12.3. The van der Waals surface area contributed by atoms with Gasteiger partial charge in [0.25, 0.3) is 0 Å². The van der Waals surface area contributed by atoms with Gasteiger partial charge in [0.1, 0.15) is 5.78 Å². The predicted octanol–water partition coefficient (Wildman–Crippen LogP) is 3.79. The number of Topliss-reactive ketones (excluding diaryl/α,β-unsaturated/α-hetero) is 1. The van der Waals surface area contributed by atoms with E-state index in [-0.39, 0.29) is 18.1 Å². The van der Waals surface area contributed by atoms with Crippen molar-refractivity contribution in [1.82, 2.24) is 0 Å². The van der Waals surface area contributed by atoms with Crippen molar-refractivity contribution in [3.05, 3.63) is 29.8 Å². The van der Waals surface area contributed by atoms with Gasteiger partial charge in [-0.05, 0) is 44.0 Å². The molecule has 0 aromatic heterocycles. The van der Waals surface area contributed by atoms with E-state index in [2.05, 4.69) is 5.32 Å². The van der Waals surface area contributed by atoms with E-state index in [9.17, 15) is 22.8 Å². The Morgan fingerprint density at radius 1 is 1.05 bits per heavy atom. The number of alkyl halides is 3. The second-order valence-corrected chi connectivity index (χ2v) is 4.53. The Labute approximate surface area is 115 Å². The van der Waals surface area contributed by atoms with Gasteiger partial charge in [-0.2, -0.15) is 13.2 Å². The number of carbonyl (C=O) groups is 2. The summed E-state index contributed by atoms with van der Waals surface area (Å²) in [6.45, 7) is 1.49. The first-order valence-corrected chi connectivity index (χ1v) is 6.25. The molecule has 0 radical (unpaired) electrons. The van der Waals surface area contributed by atoms with Crippen LogP contribution < -0.4 is 5.32 Å². The third-order valence-corrected chi connectivity index (χ3v) is 2.68. The van der Waals surface area contributed by atoms with Crippen molar-refractivity contribution in [3.63, 3.8) is 0 Å². The Morgan fingerprint density at radius 3 is 2.10 bits per heavy atom. The Bertz CT molecular complexity index is 466. The molecular weight excluding hydrogens is 271 g/mol. The van der Waals surface area contributed by atoms with Crippen molar-refractivity contribution < 1.29 is 22.8 Å². The summed E-state index contributed by atoms with van der Waals surface area (Å²) < 4.78 is 37.0. The Morgan fingerprint density at radius 2 is 1.60 bits per heavy atom. The van der Waals surface area contributed by atoms with Crippen LogP contribution in [0.5, 0.6) is 0 Å². The summed E-state index contributed by atoms with van der Waals surface area (Å²) in [5.41, 5.74) is -0.425. The molecule has 3 nitrogen and oxygen atoms in total. The van der Waals surface area contributed by atoms with Gasteiger partial charge < -0.3 is 10.1 Å². The van der Waals surface area contributed by atoms with Crippen LogP contribution in [-0.4, -0.2) is 11.7 Å². The second kappa shape index (κ2) is 7.07. The van der Waals surface area contributed by atoms with E-state index in [1.54, 1.807) is 0 Å². The van der Waals surface area contributed by atoms with E-state index in [0.29, 0.717) is 24.9 Å². The van der Waals surface area contributed by atoms with Crippen LogP contribution in [0.2, 0.25) is 0 Å². The molecule has 20 heavy (non-hydrogen) atoms. The largest absolute Gasteiger partial charge is 0.416 e. The highest BCUT2D eigenvalue weighted by Crippen LogP contribution is 2.29. The number of amides is 1. The second-order valence-electron chi connectivity index (χ2n) is 4.53. The smallest absolute Gasteiger partial charge is 0.326 e. The molecule has 0 unspecified atom stereocenters. The number of unbranched alkanes of at least 4 members (excludes halogenated alkanes) is 1. The number of nitrogens with one attached hydrogen (secondary N) is 1. The lowest BCUT2D eigenvalue weighted by atomic mass is 10.1. The molecule has 0 atom stereocenters. The zero-order valence-electron chi connectivity index (χ0n) is 11.1. The lowest BCUT2D eigenvalue weighted by molar-refractivity contribution is -0.137. The van der Waals surface area contributed by atoms with Gasteiger partial charge in [0.05, 0.1) is 5.56 Å². The fourth-order valence-electron chi connectivity index (χ4n) is 1.63. The number of benzene rings is 1. The zero-order chi connectivity index (χ0) is 15.2. The van der Waals surface area contributed by atoms with E-state index < -0.39 is 11.7 Å². The molecule has 1 N–H and O–H groups in total. The Hall–Kier alpha value is -1.85. The van der Waals surface area contributed by atoms with E-state index >= 15 is 0 Å². The van der Waals surface area contributed by atoms with Gasteiger partial charge in [0.15, 0.2) is 0 Å². The summed E-state index contributed by atoms with van der Waals surface area (Å²) in [5, 5.41) is 2.52. The molecule has 0 fully saturated rings. The Balaban J connectivity index is 2.41. The highest BCUT2D eigenvalue weighted by atomic mass is 19.4. The normalized spacial score (nSPS) is 11.2. The van der Waals surface area contributed by atoms with Crippen LogP contribution in [0, 0.1) is 0 Å². The van der Waals surface area contributed by atoms with Gasteiger partial charge in [-0.1, -0.05) is 0 Å². The van der Waals surface area contributed by atoms with E-state index in [0.717, 1.165) is 12.1 Å². The van der Waals surface area contributed by atoms with Crippen LogP contribution in [-0.2, 0) is 15.8 Å². The van der Waals surface area contributed by atoms with Crippen LogP contribution in [0.25, 0.3) is 0 Å². The fraction of sp³-hybridized carbons (Fsp3) is 0.429. The summed E-state index contributed by atoms with van der Waals surface area (Å²) in [4.78, 5) is 22.2. The molecule has 0 aliphatic heterocycles. The van der Waals surface area contributed by atoms with Crippen molar-refractivity contribution in [1.29, 1.82) is 0 Å². The van der Waals surface area contributed by atoms with Crippen molar-refractivity contribution in [3.8, 4) is 0 Å². The molecule has 1 amide bonds. The minimum atomic E-state index is -4.38. The third kappa shape index (κ3) is 5.86. The molecular formula is C14H16F3NO2. The van der Waals surface area contributed by atoms with E-state index in [4.69, 9.17) is 0 Å². The van der Waals surface area contributed by atoms with Crippen LogP contribution in [0.1, 0.15) is 38.2 Å². The lowest BCUT2D eigenvalue weighted by Gasteiger charge is -2.08. The minimum Gasteiger partial charge on any atom is -0.326 e. The summed E-state index contributed by atoms with van der Waals surface area (Å²) in [6.07, 6.45) is -2.49. The SMILES string of the molecule is CC(=O)CCCCC(=O)Nc1ccc(C(F)(F)F)cc1. The van der Waals surface area contributed by atoms with E-state index in [1.165, 1.54) is 19.1 Å². The van der Waals surface area contributed by atoms with Gasteiger partial charge in [-0.3, -0.25) is 4.79 Å². The van der Waals surface area contributed by atoms with Crippen LogP contribution in [0.4, 0.5) is 18.9 Å². The standard InChI is InChI=1S/C14H16F3NO2/c1-10(19)4-2-3-5-13(20)18-12-8-6-11(7-9-12)14(15,16)17/h6-9H,2-5H2,1H3,(H,18,20). The summed E-state index contributed by atoms with van der Waals surface area (Å²) in [6, 6.07) is 4.28. The molecule has 0 bridgehead atoms. The zero-order valence-corrected chi connectivity index (χ0v) is 11.1. The van der Waals surface area contributed by atoms with Gasteiger partial charge in [-0.25, -0.2) is 0 Å². The number of hydrogen-bond donors (Lipinski definition) is 1. The van der Waals surface area contributed by atoms with Crippen molar-refractivity contribution in [2.75, 3.05) is 5.32 Å². The topological polar surface area (TPSA) is 46.2 Å². The molecule has 1 rings (SSSR count). The predicted molar refractivity (Wildman–Crippen MR) is 69.2 cm³/mol. The first kappa shape index (κ1) is 16.2. The van der Waals surface area contributed by atoms with Crippen LogP contribution in [0.15, 0.2) is 24.3 Å².